The van der Waals surface area contributed by atoms with Crippen LogP contribution in [0.5, 0.6) is 11.5 Å². The van der Waals surface area contributed by atoms with E-state index in [2.05, 4.69) is 18.2 Å². The van der Waals surface area contributed by atoms with Gasteiger partial charge in [0, 0.05) is 6.42 Å². The summed E-state index contributed by atoms with van der Waals surface area (Å²) in [6.45, 7) is 2.26. The normalized spacial score (nSPS) is 20.3. The first-order valence-corrected chi connectivity index (χ1v) is 6.98. The highest BCUT2D eigenvalue weighted by molar-refractivity contribution is 5.44. The number of hydrogen-bond acceptors (Lipinski definition) is 3. The number of fused-ring (bicyclic) bond motifs is 1. The molecule has 98 valence electrons. The lowest BCUT2D eigenvalue weighted by atomic mass is 9.91. The van der Waals surface area contributed by atoms with E-state index in [9.17, 15) is 0 Å². The maximum Gasteiger partial charge on any atom is 0.161 e. The van der Waals surface area contributed by atoms with E-state index < -0.39 is 0 Å². The summed E-state index contributed by atoms with van der Waals surface area (Å²) in [5.74, 6) is 3.23. The quantitative estimate of drug-likeness (QED) is 0.889. The number of nitrogens with two attached hydrogens (primary N) is 1. The molecule has 2 aliphatic rings. The molecule has 3 rings (SSSR count). The number of ether oxygens (including phenoxy) is 2. The Balaban J connectivity index is 1.85. The van der Waals surface area contributed by atoms with Gasteiger partial charge in [-0.05, 0) is 55.3 Å². The van der Waals surface area contributed by atoms with Crippen LogP contribution >= 0.6 is 0 Å². The molecule has 2 N–H and O–H groups in total. The summed E-state index contributed by atoms with van der Waals surface area (Å²) in [7, 11) is 0. The molecule has 1 aliphatic heterocycles. The molecule has 1 saturated carbocycles. The van der Waals surface area contributed by atoms with Crippen LogP contribution in [0.3, 0.4) is 0 Å². The van der Waals surface area contributed by atoms with E-state index in [4.69, 9.17) is 15.2 Å². The van der Waals surface area contributed by atoms with Crippen LogP contribution in [0.1, 0.15) is 37.2 Å². The van der Waals surface area contributed by atoms with Gasteiger partial charge >= 0.3 is 0 Å². The molecule has 3 heteroatoms. The maximum atomic E-state index is 5.76. The molecule has 1 aromatic carbocycles. The zero-order valence-electron chi connectivity index (χ0n) is 10.7. The predicted octanol–water partition coefficient (Wildman–Crippen LogP) is 2.69. The van der Waals surface area contributed by atoms with Gasteiger partial charge < -0.3 is 15.2 Å². The summed E-state index contributed by atoms with van der Waals surface area (Å²) in [4.78, 5) is 0. The lowest BCUT2D eigenvalue weighted by molar-refractivity contribution is 0.297. The minimum absolute atomic E-state index is 0.604. The van der Waals surface area contributed by atoms with Crippen molar-refractivity contribution in [3.63, 3.8) is 0 Å². The van der Waals surface area contributed by atoms with Crippen molar-refractivity contribution in [2.75, 3.05) is 19.8 Å². The average molecular weight is 247 g/mol. The van der Waals surface area contributed by atoms with Gasteiger partial charge in [-0.25, -0.2) is 0 Å². The number of hydrogen-bond donors (Lipinski definition) is 1. The Morgan fingerprint density at radius 3 is 2.67 bits per heavy atom. The smallest absolute Gasteiger partial charge is 0.161 e. The molecule has 1 fully saturated rings. The Morgan fingerprint density at radius 2 is 1.94 bits per heavy atom. The first-order valence-electron chi connectivity index (χ1n) is 6.98. The Bertz CT molecular complexity index is 415. The molecular weight excluding hydrogens is 226 g/mol. The summed E-state index contributed by atoms with van der Waals surface area (Å²) in [5.41, 5.74) is 7.11. The highest BCUT2D eigenvalue weighted by Crippen LogP contribution is 2.46. The van der Waals surface area contributed by atoms with Gasteiger partial charge in [0.1, 0.15) is 0 Å². The monoisotopic (exact) mass is 247 g/mol. The van der Waals surface area contributed by atoms with Crippen molar-refractivity contribution in [2.45, 2.75) is 31.6 Å². The first-order chi connectivity index (χ1) is 8.88. The van der Waals surface area contributed by atoms with Crippen LogP contribution in [-0.2, 0) is 0 Å². The molecule has 0 saturated heterocycles. The van der Waals surface area contributed by atoms with Crippen molar-refractivity contribution in [1.29, 1.82) is 0 Å². The van der Waals surface area contributed by atoms with Crippen LogP contribution in [-0.4, -0.2) is 19.8 Å². The van der Waals surface area contributed by atoms with Gasteiger partial charge in [-0.2, -0.15) is 0 Å². The first kappa shape index (κ1) is 11.8. The van der Waals surface area contributed by atoms with Crippen LogP contribution in [0.2, 0.25) is 0 Å². The molecule has 0 bridgehead atoms. The zero-order chi connectivity index (χ0) is 12.4. The van der Waals surface area contributed by atoms with E-state index in [0.717, 1.165) is 50.0 Å². The van der Waals surface area contributed by atoms with Crippen molar-refractivity contribution in [3.8, 4) is 11.5 Å². The van der Waals surface area contributed by atoms with Gasteiger partial charge in [-0.3, -0.25) is 0 Å². The fourth-order valence-corrected chi connectivity index (χ4v) is 2.76. The molecule has 1 unspecified atom stereocenters. The third kappa shape index (κ3) is 2.46. The molecule has 18 heavy (non-hydrogen) atoms. The topological polar surface area (TPSA) is 44.5 Å². The van der Waals surface area contributed by atoms with E-state index in [1.165, 1.54) is 18.4 Å². The van der Waals surface area contributed by atoms with E-state index in [0.29, 0.717) is 5.92 Å². The second kappa shape index (κ2) is 5.19. The zero-order valence-corrected chi connectivity index (χ0v) is 10.7. The van der Waals surface area contributed by atoms with Gasteiger partial charge in [0.15, 0.2) is 11.5 Å². The van der Waals surface area contributed by atoms with Crippen LogP contribution in [0.15, 0.2) is 18.2 Å². The Hall–Kier alpha value is -1.22. The average Bonchev–Trinajstić information content (AvgIpc) is 3.21. The van der Waals surface area contributed by atoms with E-state index in [1.54, 1.807) is 0 Å². The second-order valence-corrected chi connectivity index (χ2v) is 5.28. The summed E-state index contributed by atoms with van der Waals surface area (Å²) in [5, 5.41) is 0. The van der Waals surface area contributed by atoms with E-state index >= 15 is 0 Å². The van der Waals surface area contributed by atoms with Gasteiger partial charge in [0.25, 0.3) is 0 Å². The second-order valence-electron chi connectivity index (χ2n) is 5.28. The lowest BCUT2D eigenvalue weighted by Gasteiger charge is -2.17. The van der Waals surface area contributed by atoms with Gasteiger partial charge in [-0.15, -0.1) is 0 Å². The van der Waals surface area contributed by atoms with Crippen LogP contribution < -0.4 is 15.2 Å². The van der Waals surface area contributed by atoms with Crippen LogP contribution in [0.25, 0.3) is 0 Å². The van der Waals surface area contributed by atoms with Crippen molar-refractivity contribution in [3.05, 3.63) is 23.8 Å². The van der Waals surface area contributed by atoms with Crippen molar-refractivity contribution in [1.82, 2.24) is 0 Å². The Morgan fingerprint density at radius 1 is 1.17 bits per heavy atom. The molecule has 1 aliphatic carbocycles. The largest absolute Gasteiger partial charge is 0.490 e. The standard InChI is InChI=1S/C15H21NO2/c16-7-6-13(11-2-3-11)12-4-5-14-15(10-12)18-9-1-8-17-14/h4-5,10-11,13H,1-3,6-9,16H2. The molecule has 3 nitrogen and oxygen atoms in total. The molecule has 0 aromatic heterocycles. The molecule has 0 radical (unpaired) electrons. The van der Waals surface area contributed by atoms with Crippen molar-refractivity contribution in [2.24, 2.45) is 11.7 Å². The van der Waals surface area contributed by atoms with E-state index in [-0.39, 0.29) is 0 Å². The third-order valence-corrected chi connectivity index (χ3v) is 3.87. The van der Waals surface area contributed by atoms with Gasteiger partial charge in [0.05, 0.1) is 13.2 Å². The Labute approximate surface area is 108 Å². The highest BCUT2D eigenvalue weighted by atomic mass is 16.5. The summed E-state index contributed by atoms with van der Waals surface area (Å²) in [6.07, 6.45) is 4.72. The molecule has 1 aromatic rings. The number of benzene rings is 1. The SMILES string of the molecule is NCCC(c1ccc2c(c1)OCCCO2)C1CC1. The van der Waals surface area contributed by atoms with Gasteiger partial charge in [0.2, 0.25) is 0 Å². The van der Waals surface area contributed by atoms with Crippen molar-refractivity contribution >= 4 is 0 Å². The Kier molecular flexibility index (Phi) is 3.41. The summed E-state index contributed by atoms with van der Waals surface area (Å²) in [6, 6.07) is 6.41. The fraction of sp³-hybridized carbons (Fsp3) is 0.600. The fourth-order valence-electron chi connectivity index (χ4n) is 2.76. The van der Waals surface area contributed by atoms with Gasteiger partial charge in [-0.1, -0.05) is 6.07 Å². The summed E-state index contributed by atoms with van der Waals surface area (Å²) >= 11 is 0. The molecule has 1 heterocycles. The van der Waals surface area contributed by atoms with E-state index in [1.807, 2.05) is 0 Å². The molecular formula is C15H21NO2. The molecule has 1 atom stereocenters. The van der Waals surface area contributed by atoms with Crippen LogP contribution in [0, 0.1) is 5.92 Å². The highest BCUT2D eigenvalue weighted by Gasteiger charge is 2.32. The minimum atomic E-state index is 0.604. The third-order valence-electron chi connectivity index (χ3n) is 3.87. The minimum Gasteiger partial charge on any atom is -0.490 e. The number of rotatable bonds is 4. The maximum absolute atomic E-state index is 5.76. The summed E-state index contributed by atoms with van der Waals surface area (Å²) < 4.78 is 11.4. The van der Waals surface area contributed by atoms with Crippen molar-refractivity contribution < 1.29 is 9.47 Å². The molecule has 0 spiro atoms. The predicted molar refractivity (Wildman–Crippen MR) is 71.2 cm³/mol. The van der Waals surface area contributed by atoms with Crippen LogP contribution in [0.4, 0.5) is 0 Å². The lowest BCUT2D eigenvalue weighted by Crippen LogP contribution is -2.09. The molecule has 0 amide bonds.